The molecule has 1 aromatic carbocycles. The predicted molar refractivity (Wildman–Crippen MR) is 104 cm³/mol. The zero-order chi connectivity index (χ0) is 18.5. The van der Waals surface area contributed by atoms with Crippen LogP contribution in [0.5, 0.6) is 0 Å². The van der Waals surface area contributed by atoms with Crippen LogP contribution in [0.1, 0.15) is 45.1 Å². The van der Waals surface area contributed by atoms with Crippen molar-refractivity contribution < 1.29 is 9.59 Å². The molecule has 1 N–H and O–H groups in total. The number of nitrogens with zero attached hydrogens (tertiary/aromatic N) is 2. The molecule has 1 saturated heterocycles. The standard InChI is InChI=1S/C21H31N3O2/c1-3-12-22-21(26)18-10-13-23(14-11-18)15-20(25)24-16(2)8-9-17-6-4-5-7-19(17)24/h4-7,16,18H,3,8-15H2,1-2H3,(H,22,26). The van der Waals surface area contributed by atoms with Crippen molar-refractivity contribution in [2.24, 2.45) is 5.92 Å². The molecule has 2 aliphatic rings. The molecular formula is C21H31N3O2. The summed E-state index contributed by atoms with van der Waals surface area (Å²) in [6.45, 7) is 7.04. The molecule has 2 aliphatic heterocycles. The van der Waals surface area contributed by atoms with Gasteiger partial charge in [-0.15, -0.1) is 0 Å². The first-order valence-electron chi connectivity index (χ1n) is 10.00. The number of fused-ring (bicyclic) bond motifs is 1. The van der Waals surface area contributed by atoms with Crippen molar-refractivity contribution in [2.75, 3.05) is 31.1 Å². The smallest absolute Gasteiger partial charge is 0.241 e. The molecule has 0 aromatic heterocycles. The highest BCUT2D eigenvalue weighted by Gasteiger charge is 2.31. The number of likely N-dealkylation sites (tertiary alicyclic amines) is 1. The van der Waals surface area contributed by atoms with E-state index in [1.165, 1.54) is 5.56 Å². The zero-order valence-electron chi connectivity index (χ0n) is 16.0. The largest absolute Gasteiger partial charge is 0.356 e. The van der Waals surface area contributed by atoms with Crippen molar-refractivity contribution in [1.82, 2.24) is 10.2 Å². The Morgan fingerprint density at radius 3 is 2.62 bits per heavy atom. The Hall–Kier alpha value is -1.88. The molecule has 1 aromatic rings. The Kier molecular flexibility index (Phi) is 6.30. The average molecular weight is 357 g/mol. The Bertz CT molecular complexity index is 638. The number of carbonyl (C=O) groups is 2. The van der Waals surface area contributed by atoms with Gasteiger partial charge in [-0.1, -0.05) is 25.1 Å². The number of rotatable bonds is 5. The molecule has 2 amide bonds. The van der Waals surface area contributed by atoms with Crippen molar-refractivity contribution in [1.29, 1.82) is 0 Å². The third-order valence-corrected chi connectivity index (χ3v) is 5.66. The van der Waals surface area contributed by atoms with Gasteiger partial charge in [-0.3, -0.25) is 14.5 Å². The third kappa shape index (κ3) is 4.26. The highest BCUT2D eigenvalue weighted by Crippen LogP contribution is 2.30. The lowest BCUT2D eigenvalue weighted by Gasteiger charge is -2.38. The number of amides is 2. The minimum atomic E-state index is 0.0996. The summed E-state index contributed by atoms with van der Waals surface area (Å²) in [6.07, 6.45) is 4.71. The van der Waals surface area contributed by atoms with Crippen LogP contribution in [0.15, 0.2) is 24.3 Å². The molecule has 1 atom stereocenters. The van der Waals surface area contributed by atoms with Crippen LogP contribution >= 0.6 is 0 Å². The highest BCUT2D eigenvalue weighted by atomic mass is 16.2. The fraction of sp³-hybridized carbons (Fsp3) is 0.619. The molecule has 142 valence electrons. The molecule has 5 heteroatoms. The van der Waals surface area contributed by atoms with Gasteiger partial charge >= 0.3 is 0 Å². The van der Waals surface area contributed by atoms with E-state index >= 15 is 0 Å². The van der Waals surface area contributed by atoms with Gasteiger partial charge in [0.15, 0.2) is 0 Å². The highest BCUT2D eigenvalue weighted by molar-refractivity contribution is 5.96. The van der Waals surface area contributed by atoms with Gasteiger partial charge in [0.1, 0.15) is 0 Å². The molecule has 0 aliphatic carbocycles. The fourth-order valence-corrected chi connectivity index (χ4v) is 4.08. The number of benzene rings is 1. The summed E-state index contributed by atoms with van der Waals surface area (Å²) in [5.41, 5.74) is 2.34. The number of hydrogen-bond acceptors (Lipinski definition) is 3. The summed E-state index contributed by atoms with van der Waals surface area (Å²) in [6, 6.07) is 8.49. The molecule has 2 heterocycles. The summed E-state index contributed by atoms with van der Waals surface area (Å²) in [7, 11) is 0. The van der Waals surface area contributed by atoms with E-state index in [1.807, 2.05) is 17.0 Å². The molecule has 1 unspecified atom stereocenters. The van der Waals surface area contributed by atoms with E-state index in [4.69, 9.17) is 0 Å². The average Bonchev–Trinajstić information content (AvgIpc) is 2.66. The van der Waals surface area contributed by atoms with Crippen molar-refractivity contribution in [3.8, 4) is 0 Å². The lowest BCUT2D eigenvalue weighted by molar-refractivity contribution is -0.126. The van der Waals surface area contributed by atoms with Crippen LogP contribution in [0.4, 0.5) is 5.69 Å². The first-order valence-corrected chi connectivity index (χ1v) is 10.00. The Morgan fingerprint density at radius 2 is 1.88 bits per heavy atom. The number of nitrogens with one attached hydrogen (secondary N) is 1. The summed E-state index contributed by atoms with van der Waals surface area (Å²) in [4.78, 5) is 29.3. The normalized spacial score (nSPS) is 21.3. The Morgan fingerprint density at radius 1 is 1.15 bits per heavy atom. The van der Waals surface area contributed by atoms with Crippen molar-refractivity contribution in [3.63, 3.8) is 0 Å². The minimum absolute atomic E-state index is 0.0996. The molecular weight excluding hydrogens is 326 g/mol. The zero-order valence-corrected chi connectivity index (χ0v) is 16.0. The molecule has 26 heavy (non-hydrogen) atoms. The maximum absolute atomic E-state index is 13.0. The Balaban J connectivity index is 1.56. The van der Waals surface area contributed by atoms with E-state index in [-0.39, 0.29) is 23.8 Å². The van der Waals surface area contributed by atoms with Gasteiger partial charge in [-0.2, -0.15) is 0 Å². The van der Waals surface area contributed by atoms with E-state index in [0.29, 0.717) is 6.54 Å². The van der Waals surface area contributed by atoms with Gasteiger partial charge in [-0.05, 0) is 63.7 Å². The monoisotopic (exact) mass is 357 g/mol. The van der Waals surface area contributed by atoms with Crippen LogP contribution in [0, 0.1) is 5.92 Å². The number of aryl methyl sites for hydroxylation is 1. The molecule has 1 fully saturated rings. The number of hydrogen-bond donors (Lipinski definition) is 1. The number of carbonyl (C=O) groups excluding carboxylic acids is 2. The number of anilines is 1. The topological polar surface area (TPSA) is 52.7 Å². The van der Waals surface area contributed by atoms with Crippen LogP contribution in [-0.4, -0.2) is 48.9 Å². The first kappa shape index (κ1) is 18.9. The fourth-order valence-electron chi connectivity index (χ4n) is 4.08. The van der Waals surface area contributed by atoms with Crippen molar-refractivity contribution in [2.45, 2.75) is 52.0 Å². The second kappa shape index (κ2) is 8.67. The van der Waals surface area contributed by atoms with Gasteiger partial charge in [0.05, 0.1) is 6.54 Å². The van der Waals surface area contributed by atoms with Crippen molar-refractivity contribution in [3.05, 3.63) is 29.8 Å². The van der Waals surface area contributed by atoms with Crippen LogP contribution < -0.4 is 10.2 Å². The lowest BCUT2D eigenvalue weighted by Crippen LogP contribution is -2.49. The second-order valence-electron chi connectivity index (χ2n) is 7.62. The van der Waals surface area contributed by atoms with E-state index in [0.717, 1.165) is 57.4 Å². The molecule has 3 rings (SSSR count). The lowest BCUT2D eigenvalue weighted by atomic mass is 9.95. The Labute approximate surface area is 156 Å². The molecule has 0 radical (unpaired) electrons. The van der Waals surface area contributed by atoms with Crippen molar-refractivity contribution >= 4 is 17.5 Å². The quantitative estimate of drug-likeness (QED) is 0.881. The molecule has 0 saturated carbocycles. The number of piperidine rings is 1. The van der Waals surface area contributed by atoms with Gasteiger partial charge in [-0.25, -0.2) is 0 Å². The van der Waals surface area contributed by atoms with Crippen LogP contribution in [0.3, 0.4) is 0 Å². The first-order chi connectivity index (χ1) is 12.6. The molecule has 0 bridgehead atoms. The van der Waals surface area contributed by atoms with E-state index in [9.17, 15) is 9.59 Å². The van der Waals surface area contributed by atoms with Gasteiger partial charge in [0, 0.05) is 24.2 Å². The second-order valence-corrected chi connectivity index (χ2v) is 7.62. The SMILES string of the molecule is CCCNC(=O)C1CCN(CC(=O)N2c3ccccc3CCC2C)CC1. The van der Waals surface area contributed by atoms with Gasteiger partial charge in [0.2, 0.25) is 11.8 Å². The maximum atomic E-state index is 13.0. The van der Waals surface area contributed by atoms with Crippen LogP contribution in [0.25, 0.3) is 0 Å². The molecule has 0 spiro atoms. The summed E-state index contributed by atoms with van der Waals surface area (Å²) in [5.74, 6) is 0.456. The minimum Gasteiger partial charge on any atom is -0.356 e. The van der Waals surface area contributed by atoms with Gasteiger partial charge in [0.25, 0.3) is 0 Å². The maximum Gasteiger partial charge on any atom is 0.241 e. The van der Waals surface area contributed by atoms with Crippen LogP contribution in [0.2, 0.25) is 0 Å². The van der Waals surface area contributed by atoms with E-state index in [2.05, 4.69) is 36.2 Å². The number of para-hydroxylation sites is 1. The molecule has 5 nitrogen and oxygen atoms in total. The summed E-state index contributed by atoms with van der Waals surface area (Å²) < 4.78 is 0. The predicted octanol–water partition coefficient (Wildman–Crippen LogP) is 2.59. The third-order valence-electron chi connectivity index (χ3n) is 5.66. The summed E-state index contributed by atoms with van der Waals surface area (Å²) >= 11 is 0. The summed E-state index contributed by atoms with van der Waals surface area (Å²) in [5, 5.41) is 2.99. The van der Waals surface area contributed by atoms with Gasteiger partial charge < -0.3 is 10.2 Å². The van der Waals surface area contributed by atoms with E-state index < -0.39 is 0 Å². The van der Waals surface area contributed by atoms with Crippen LogP contribution in [-0.2, 0) is 16.0 Å². The van der Waals surface area contributed by atoms with E-state index in [1.54, 1.807) is 0 Å².